The van der Waals surface area contributed by atoms with Crippen molar-refractivity contribution in [2.45, 2.75) is 37.8 Å². The molecular formula is C19H20F2N4O2. The second kappa shape index (κ2) is 8.22. The Balaban J connectivity index is 1.80. The van der Waals surface area contributed by atoms with E-state index in [0.717, 1.165) is 25.0 Å². The molecule has 0 radical (unpaired) electrons. The number of nitrogens with zero attached hydrogens (tertiary/aromatic N) is 2. The lowest BCUT2D eigenvalue weighted by Crippen LogP contribution is -2.45. The van der Waals surface area contributed by atoms with Gasteiger partial charge < -0.3 is 16.2 Å². The monoisotopic (exact) mass is 374 g/mol. The van der Waals surface area contributed by atoms with Crippen LogP contribution in [0.2, 0.25) is 0 Å². The summed E-state index contributed by atoms with van der Waals surface area (Å²) in [5.41, 5.74) is 5.50. The smallest absolute Gasteiger partial charge is 0.251 e. The van der Waals surface area contributed by atoms with Gasteiger partial charge in [0.15, 0.2) is 0 Å². The third kappa shape index (κ3) is 4.65. The highest BCUT2D eigenvalue weighted by molar-refractivity contribution is 5.95. The predicted molar refractivity (Wildman–Crippen MR) is 97.6 cm³/mol. The van der Waals surface area contributed by atoms with E-state index in [4.69, 9.17) is 5.73 Å². The van der Waals surface area contributed by atoms with E-state index < -0.39 is 23.7 Å². The Kier molecular flexibility index (Phi) is 5.75. The molecule has 2 atom stereocenters. The maximum atomic E-state index is 14.3. The Hall–Kier alpha value is -2.87. The second-order valence-corrected chi connectivity index (χ2v) is 6.49. The molecule has 4 N–H and O–H groups in total. The Morgan fingerprint density at radius 1 is 1.22 bits per heavy atom. The average Bonchev–Trinajstić information content (AvgIpc) is 2.65. The number of aromatic nitrogens is 2. The van der Waals surface area contributed by atoms with Gasteiger partial charge in [-0.15, -0.1) is 0 Å². The van der Waals surface area contributed by atoms with Crippen molar-refractivity contribution in [3.63, 3.8) is 0 Å². The summed E-state index contributed by atoms with van der Waals surface area (Å²) in [6.45, 7) is 0. The highest BCUT2D eigenvalue weighted by Crippen LogP contribution is 2.22. The molecule has 0 aliphatic heterocycles. The fourth-order valence-corrected chi connectivity index (χ4v) is 3.01. The van der Waals surface area contributed by atoms with Gasteiger partial charge in [0.05, 0.1) is 12.1 Å². The number of nitrogens with two attached hydrogens (primary N) is 1. The first-order chi connectivity index (χ1) is 12.9. The fraction of sp³-hybridized carbons (Fsp3) is 0.316. The second-order valence-electron chi connectivity index (χ2n) is 6.49. The van der Waals surface area contributed by atoms with E-state index in [2.05, 4.69) is 15.3 Å². The number of halogens is 2. The third-order valence-corrected chi connectivity index (χ3v) is 4.53. The van der Waals surface area contributed by atoms with Gasteiger partial charge in [0.25, 0.3) is 5.91 Å². The van der Waals surface area contributed by atoms with Gasteiger partial charge in [-0.05, 0) is 37.1 Å². The van der Waals surface area contributed by atoms with E-state index in [1.807, 2.05) is 0 Å². The Morgan fingerprint density at radius 3 is 2.63 bits per heavy atom. The van der Waals surface area contributed by atoms with Gasteiger partial charge in [-0.25, -0.2) is 18.7 Å². The SMILES string of the molecule is Nc1ncc(/C(F)=C/c2cc(C(=O)N[C@H]3CCCC[C@@H]3O)ccc2F)cn1. The van der Waals surface area contributed by atoms with Crippen molar-refractivity contribution in [1.82, 2.24) is 15.3 Å². The maximum absolute atomic E-state index is 14.3. The van der Waals surface area contributed by atoms with Crippen molar-refractivity contribution in [3.8, 4) is 0 Å². The molecule has 0 unspecified atom stereocenters. The standard InChI is InChI=1S/C19H20F2N4O2/c20-14-6-5-11(18(27)25-16-3-1-2-4-17(16)26)7-12(14)8-15(21)13-9-23-19(22)24-10-13/h5-10,16-17,26H,1-4H2,(H,25,27)(H2,22,23,24)/b15-8-/t16-,17-/m0/s1. The van der Waals surface area contributed by atoms with Gasteiger partial charge >= 0.3 is 0 Å². The Morgan fingerprint density at radius 2 is 1.93 bits per heavy atom. The molecule has 1 aromatic carbocycles. The summed E-state index contributed by atoms with van der Waals surface area (Å²) in [6.07, 6.45) is 5.92. The van der Waals surface area contributed by atoms with E-state index in [0.29, 0.717) is 12.8 Å². The molecule has 1 aliphatic rings. The zero-order valence-corrected chi connectivity index (χ0v) is 14.5. The van der Waals surface area contributed by atoms with Crippen LogP contribution in [0, 0.1) is 5.82 Å². The number of rotatable bonds is 4. The van der Waals surface area contributed by atoms with Gasteiger partial charge in [0, 0.05) is 29.1 Å². The summed E-state index contributed by atoms with van der Waals surface area (Å²) in [4.78, 5) is 19.8. The molecular weight excluding hydrogens is 354 g/mol. The first-order valence-corrected chi connectivity index (χ1v) is 8.67. The Labute approximate surface area is 155 Å². The van der Waals surface area contributed by atoms with Crippen LogP contribution in [0.25, 0.3) is 11.9 Å². The first-order valence-electron chi connectivity index (χ1n) is 8.67. The molecule has 8 heteroatoms. The van der Waals surface area contributed by atoms with Crippen molar-refractivity contribution < 1.29 is 18.7 Å². The number of aliphatic hydroxyl groups is 1. The molecule has 0 spiro atoms. The molecule has 6 nitrogen and oxygen atoms in total. The van der Waals surface area contributed by atoms with Gasteiger partial charge in [0.1, 0.15) is 11.6 Å². The molecule has 1 aliphatic carbocycles. The third-order valence-electron chi connectivity index (χ3n) is 4.53. The van der Waals surface area contributed by atoms with E-state index in [1.165, 1.54) is 24.5 Å². The van der Waals surface area contributed by atoms with Crippen LogP contribution < -0.4 is 11.1 Å². The molecule has 1 amide bonds. The lowest BCUT2D eigenvalue weighted by Gasteiger charge is -2.28. The summed E-state index contributed by atoms with van der Waals surface area (Å²) in [5, 5.41) is 12.7. The largest absolute Gasteiger partial charge is 0.391 e. The minimum Gasteiger partial charge on any atom is -0.391 e. The van der Waals surface area contributed by atoms with Gasteiger partial charge in [0.2, 0.25) is 5.95 Å². The molecule has 142 valence electrons. The first kappa shape index (κ1) is 18.9. The molecule has 3 rings (SSSR count). The van der Waals surface area contributed by atoms with Crippen LogP contribution in [0.4, 0.5) is 14.7 Å². The van der Waals surface area contributed by atoms with Gasteiger partial charge in [-0.1, -0.05) is 12.8 Å². The molecule has 1 saturated carbocycles. The molecule has 1 fully saturated rings. The van der Waals surface area contributed by atoms with E-state index in [-0.39, 0.29) is 28.7 Å². The lowest BCUT2D eigenvalue weighted by atomic mass is 9.92. The van der Waals surface area contributed by atoms with Gasteiger partial charge in [-0.2, -0.15) is 0 Å². The van der Waals surface area contributed by atoms with Crippen molar-refractivity contribution in [2.75, 3.05) is 5.73 Å². The number of anilines is 1. The zero-order chi connectivity index (χ0) is 19.4. The van der Waals surface area contributed by atoms with E-state index in [9.17, 15) is 18.7 Å². The minimum atomic E-state index is -0.755. The minimum absolute atomic E-state index is 0.00120. The highest BCUT2D eigenvalue weighted by Gasteiger charge is 2.25. The number of carbonyl (C=O) groups is 1. The van der Waals surface area contributed by atoms with Crippen LogP contribution in [-0.4, -0.2) is 33.1 Å². The number of amides is 1. The quantitative estimate of drug-likeness (QED) is 0.764. The highest BCUT2D eigenvalue weighted by atomic mass is 19.1. The van der Waals surface area contributed by atoms with Crippen LogP contribution in [-0.2, 0) is 0 Å². The van der Waals surface area contributed by atoms with E-state index in [1.54, 1.807) is 0 Å². The van der Waals surface area contributed by atoms with Crippen molar-refractivity contribution in [1.29, 1.82) is 0 Å². The summed E-state index contributed by atoms with van der Waals surface area (Å²) in [5.74, 6) is -1.86. The van der Waals surface area contributed by atoms with E-state index >= 15 is 0 Å². The number of hydrogen-bond acceptors (Lipinski definition) is 5. The van der Waals surface area contributed by atoms with Gasteiger partial charge in [-0.3, -0.25) is 4.79 Å². The van der Waals surface area contributed by atoms with Crippen molar-refractivity contribution in [3.05, 3.63) is 53.1 Å². The molecule has 27 heavy (non-hydrogen) atoms. The molecule has 1 aromatic heterocycles. The summed E-state index contributed by atoms with van der Waals surface area (Å²) in [7, 11) is 0. The van der Waals surface area contributed by atoms with Crippen molar-refractivity contribution in [2.24, 2.45) is 0 Å². The predicted octanol–water partition coefficient (Wildman–Crippen LogP) is 2.70. The lowest BCUT2D eigenvalue weighted by molar-refractivity contribution is 0.0717. The molecule has 1 heterocycles. The van der Waals surface area contributed by atoms with Crippen molar-refractivity contribution >= 4 is 23.8 Å². The number of nitrogens with one attached hydrogen (secondary N) is 1. The number of nitrogen functional groups attached to an aromatic ring is 1. The number of carbonyl (C=O) groups excluding carboxylic acids is 1. The number of benzene rings is 1. The van der Waals surface area contributed by atoms with Crippen LogP contribution in [0.5, 0.6) is 0 Å². The number of hydrogen-bond donors (Lipinski definition) is 3. The number of aliphatic hydroxyl groups excluding tert-OH is 1. The fourth-order valence-electron chi connectivity index (χ4n) is 3.01. The van der Waals surface area contributed by atoms with Crippen LogP contribution in [0.1, 0.15) is 47.2 Å². The van der Waals surface area contributed by atoms with Crippen LogP contribution in [0.3, 0.4) is 0 Å². The zero-order valence-electron chi connectivity index (χ0n) is 14.5. The summed E-state index contributed by atoms with van der Waals surface area (Å²) in [6, 6.07) is 3.35. The molecule has 2 aromatic rings. The average molecular weight is 374 g/mol. The summed E-state index contributed by atoms with van der Waals surface area (Å²) >= 11 is 0. The topological polar surface area (TPSA) is 101 Å². The molecule has 0 bridgehead atoms. The Bertz CT molecular complexity index is 855. The maximum Gasteiger partial charge on any atom is 0.251 e. The molecule has 0 saturated heterocycles. The summed E-state index contributed by atoms with van der Waals surface area (Å²) < 4.78 is 28.4. The van der Waals surface area contributed by atoms with Crippen LogP contribution in [0.15, 0.2) is 30.6 Å². The van der Waals surface area contributed by atoms with Crippen LogP contribution >= 0.6 is 0 Å². The normalized spacial score (nSPS) is 20.3.